The number of rotatable bonds is 4. The largest absolute Gasteiger partial charge is 0.328 e. The van der Waals surface area contributed by atoms with Crippen molar-refractivity contribution in [1.29, 1.82) is 0 Å². The van der Waals surface area contributed by atoms with Crippen molar-refractivity contribution in [2.24, 2.45) is 14.1 Å². The number of aryl methyl sites for hydroxylation is 2. The van der Waals surface area contributed by atoms with Gasteiger partial charge in [0.2, 0.25) is 9.84 Å². The van der Waals surface area contributed by atoms with Crippen LogP contribution in [0.1, 0.15) is 10.4 Å². The molecule has 1 amide bonds. The second kappa shape index (κ2) is 7.72. The number of aromatic nitrogens is 2. The van der Waals surface area contributed by atoms with Gasteiger partial charge in [-0.3, -0.25) is 13.9 Å². The lowest BCUT2D eigenvalue weighted by Crippen LogP contribution is -2.19. The first-order chi connectivity index (χ1) is 14.7. The van der Waals surface area contributed by atoms with Crippen LogP contribution in [0, 0.1) is 0 Å². The zero-order chi connectivity index (χ0) is 22.3. The maximum absolute atomic E-state index is 13.4. The molecule has 0 aliphatic heterocycles. The molecule has 0 fully saturated rings. The predicted molar refractivity (Wildman–Crippen MR) is 119 cm³/mol. The molecule has 0 saturated heterocycles. The first-order valence-electron chi connectivity index (χ1n) is 9.27. The summed E-state index contributed by atoms with van der Waals surface area (Å²) in [6.07, 6.45) is 0. The number of imidazole rings is 1. The van der Waals surface area contributed by atoms with Crippen LogP contribution in [-0.4, -0.2) is 23.5 Å². The van der Waals surface area contributed by atoms with Crippen molar-refractivity contribution in [3.05, 3.63) is 87.8 Å². The van der Waals surface area contributed by atoms with Gasteiger partial charge in [-0.05, 0) is 36.4 Å². The summed E-state index contributed by atoms with van der Waals surface area (Å²) in [6.45, 7) is 0. The summed E-state index contributed by atoms with van der Waals surface area (Å²) in [5.74, 6) is -0.560. The molecule has 0 unspecified atom stereocenters. The number of halogens is 1. The third kappa shape index (κ3) is 3.54. The van der Waals surface area contributed by atoms with E-state index < -0.39 is 15.7 Å². The smallest absolute Gasteiger partial charge is 0.321 e. The highest BCUT2D eigenvalue weighted by Gasteiger charge is 2.25. The number of hydrogen-bond acceptors (Lipinski definition) is 4. The van der Waals surface area contributed by atoms with Crippen molar-refractivity contribution in [2.45, 2.75) is 9.79 Å². The molecular weight excluding hydrogens is 438 g/mol. The fourth-order valence-corrected chi connectivity index (χ4v) is 5.06. The molecule has 0 saturated carbocycles. The van der Waals surface area contributed by atoms with Crippen molar-refractivity contribution in [2.75, 3.05) is 5.32 Å². The lowest BCUT2D eigenvalue weighted by molar-refractivity contribution is 0.102. The van der Waals surface area contributed by atoms with E-state index in [0.717, 1.165) is 0 Å². The van der Waals surface area contributed by atoms with Crippen molar-refractivity contribution >= 4 is 44.1 Å². The minimum absolute atomic E-state index is 0.0578. The Morgan fingerprint density at radius 2 is 1.48 bits per heavy atom. The highest BCUT2D eigenvalue weighted by Crippen LogP contribution is 2.32. The number of sulfone groups is 1. The molecule has 0 aliphatic carbocycles. The highest BCUT2D eigenvalue weighted by atomic mass is 35.5. The maximum Gasteiger partial charge on any atom is 0.328 e. The molecule has 31 heavy (non-hydrogen) atoms. The molecule has 0 spiro atoms. The van der Waals surface area contributed by atoms with Gasteiger partial charge < -0.3 is 5.32 Å². The van der Waals surface area contributed by atoms with Crippen LogP contribution in [-0.2, 0) is 23.9 Å². The molecule has 0 bridgehead atoms. The first-order valence-corrected chi connectivity index (χ1v) is 11.1. The Labute approximate surface area is 183 Å². The van der Waals surface area contributed by atoms with Crippen LogP contribution >= 0.6 is 11.6 Å². The normalized spacial score (nSPS) is 11.6. The maximum atomic E-state index is 13.4. The van der Waals surface area contributed by atoms with E-state index in [1.165, 1.54) is 33.4 Å². The van der Waals surface area contributed by atoms with Gasteiger partial charge in [0.05, 0.1) is 37.1 Å². The zero-order valence-electron chi connectivity index (χ0n) is 16.7. The molecule has 0 radical (unpaired) electrons. The van der Waals surface area contributed by atoms with Gasteiger partial charge in [-0.25, -0.2) is 13.2 Å². The molecule has 1 heterocycles. The van der Waals surface area contributed by atoms with Gasteiger partial charge in [0.25, 0.3) is 5.91 Å². The summed E-state index contributed by atoms with van der Waals surface area (Å²) in [4.78, 5) is 25.2. The molecule has 0 aliphatic rings. The fraction of sp³-hybridized carbons (Fsp3) is 0.0909. The minimum atomic E-state index is -3.99. The number of anilines is 1. The number of amides is 1. The molecular formula is C22H18ClN3O4S. The molecule has 158 valence electrons. The number of benzene rings is 3. The van der Waals surface area contributed by atoms with Crippen molar-refractivity contribution in [1.82, 2.24) is 9.13 Å². The SMILES string of the molecule is Cn1c(=O)n(C)c2cc(S(=O)(=O)c3ccccc3)c(NC(=O)c3ccccc3Cl)cc21. The summed E-state index contributed by atoms with van der Waals surface area (Å²) >= 11 is 6.13. The number of carbonyl (C=O) groups excluding carboxylic acids is 1. The van der Waals surface area contributed by atoms with Gasteiger partial charge in [-0.1, -0.05) is 41.9 Å². The molecule has 0 atom stereocenters. The van der Waals surface area contributed by atoms with Crippen LogP contribution in [0.5, 0.6) is 0 Å². The highest BCUT2D eigenvalue weighted by molar-refractivity contribution is 7.91. The fourth-order valence-electron chi connectivity index (χ4n) is 3.41. The zero-order valence-corrected chi connectivity index (χ0v) is 18.2. The summed E-state index contributed by atoms with van der Waals surface area (Å²) in [5.41, 5.74) is 0.858. The van der Waals surface area contributed by atoms with Crippen LogP contribution in [0.2, 0.25) is 5.02 Å². The second-order valence-corrected chi connectivity index (χ2v) is 9.31. The van der Waals surface area contributed by atoms with E-state index in [1.54, 1.807) is 56.6 Å². The summed E-state index contributed by atoms with van der Waals surface area (Å²) < 4.78 is 29.6. The Kier molecular flexibility index (Phi) is 5.20. The predicted octanol–water partition coefficient (Wildman–Crippen LogP) is 3.62. The molecule has 4 aromatic rings. The number of nitrogens with zero attached hydrogens (tertiary/aromatic N) is 2. The molecule has 4 rings (SSSR count). The Hall–Kier alpha value is -3.36. The van der Waals surface area contributed by atoms with Gasteiger partial charge in [0, 0.05) is 14.1 Å². The van der Waals surface area contributed by atoms with Crippen molar-refractivity contribution in [3.8, 4) is 0 Å². The summed E-state index contributed by atoms with van der Waals surface area (Å²) in [6, 6.07) is 17.3. The standard InChI is InChI=1S/C22H18ClN3O4S/c1-25-18-12-17(24-21(27)15-10-6-7-11-16(15)23)20(13-19(18)26(2)22(25)28)31(29,30)14-8-4-3-5-9-14/h3-13H,1-2H3,(H,24,27). The number of nitrogens with one attached hydrogen (secondary N) is 1. The van der Waals surface area contributed by atoms with Crippen LogP contribution in [0.4, 0.5) is 5.69 Å². The number of hydrogen-bond donors (Lipinski definition) is 1. The third-order valence-electron chi connectivity index (χ3n) is 5.08. The van der Waals surface area contributed by atoms with Gasteiger partial charge in [-0.15, -0.1) is 0 Å². The Balaban J connectivity index is 1.96. The third-order valence-corrected chi connectivity index (χ3v) is 7.22. The Morgan fingerprint density at radius 1 is 0.903 bits per heavy atom. The Bertz CT molecular complexity index is 1490. The van der Waals surface area contributed by atoms with Crippen LogP contribution in [0.15, 0.2) is 81.3 Å². The first kappa shape index (κ1) is 20.9. The van der Waals surface area contributed by atoms with E-state index in [0.29, 0.717) is 11.0 Å². The van der Waals surface area contributed by atoms with Gasteiger partial charge in [0.1, 0.15) is 0 Å². The van der Waals surface area contributed by atoms with Crippen LogP contribution < -0.4 is 11.0 Å². The van der Waals surface area contributed by atoms with E-state index in [2.05, 4.69) is 5.32 Å². The Morgan fingerprint density at radius 3 is 2.13 bits per heavy atom. The lowest BCUT2D eigenvalue weighted by Gasteiger charge is -2.14. The van der Waals surface area contributed by atoms with Gasteiger partial charge in [0.15, 0.2) is 0 Å². The average Bonchev–Trinajstić information content (AvgIpc) is 2.97. The van der Waals surface area contributed by atoms with Crippen LogP contribution in [0.3, 0.4) is 0 Å². The van der Waals surface area contributed by atoms with Gasteiger partial charge >= 0.3 is 5.69 Å². The van der Waals surface area contributed by atoms with Gasteiger partial charge in [-0.2, -0.15) is 0 Å². The van der Waals surface area contributed by atoms with Crippen molar-refractivity contribution in [3.63, 3.8) is 0 Å². The molecule has 1 N–H and O–H groups in total. The molecule has 7 nitrogen and oxygen atoms in total. The van der Waals surface area contributed by atoms with E-state index in [4.69, 9.17) is 11.6 Å². The van der Waals surface area contributed by atoms with E-state index in [1.807, 2.05) is 0 Å². The lowest BCUT2D eigenvalue weighted by atomic mass is 10.2. The summed E-state index contributed by atoms with van der Waals surface area (Å²) in [7, 11) is -0.852. The van der Waals surface area contributed by atoms with E-state index in [-0.39, 0.29) is 31.8 Å². The number of fused-ring (bicyclic) bond motifs is 1. The molecule has 3 aromatic carbocycles. The molecule has 9 heteroatoms. The van der Waals surface area contributed by atoms with Crippen molar-refractivity contribution < 1.29 is 13.2 Å². The van der Waals surface area contributed by atoms with Crippen LogP contribution in [0.25, 0.3) is 11.0 Å². The molecule has 1 aromatic heterocycles. The minimum Gasteiger partial charge on any atom is -0.321 e. The summed E-state index contributed by atoms with van der Waals surface area (Å²) in [5, 5.41) is 2.90. The topological polar surface area (TPSA) is 90.2 Å². The second-order valence-electron chi connectivity index (χ2n) is 6.99. The number of carbonyl (C=O) groups is 1. The monoisotopic (exact) mass is 455 g/mol. The van der Waals surface area contributed by atoms with E-state index in [9.17, 15) is 18.0 Å². The quantitative estimate of drug-likeness (QED) is 0.509. The van der Waals surface area contributed by atoms with E-state index >= 15 is 0 Å². The average molecular weight is 456 g/mol.